The van der Waals surface area contributed by atoms with Crippen molar-refractivity contribution in [3.8, 4) is 0 Å². The zero-order valence-electron chi connectivity index (χ0n) is 6.57. The van der Waals surface area contributed by atoms with E-state index in [1.165, 1.54) is 12.3 Å². The van der Waals surface area contributed by atoms with E-state index in [2.05, 4.69) is 4.98 Å². The van der Waals surface area contributed by atoms with E-state index in [9.17, 15) is 12.8 Å². The Morgan fingerprint density at radius 3 is 2.77 bits per heavy atom. The van der Waals surface area contributed by atoms with Gasteiger partial charge in [0.05, 0.1) is 11.9 Å². The first-order chi connectivity index (χ1) is 5.99. The van der Waals surface area contributed by atoms with Crippen molar-refractivity contribution in [1.29, 1.82) is 0 Å². The lowest BCUT2D eigenvalue weighted by molar-refractivity contribution is 0.598. The molecular formula is C7H7ClFNO2S. The Morgan fingerprint density at radius 1 is 1.54 bits per heavy atom. The maximum Gasteiger partial charge on any atom is 0.232 e. The molecule has 0 amide bonds. The predicted octanol–water partition coefficient (Wildman–Crippen LogP) is 1.33. The molecule has 0 radical (unpaired) electrons. The molecule has 1 aromatic rings. The standard InChI is InChI=1S/C7H7ClFNO2S/c8-13(11,12)4-2-6-1-3-10-5-7(6)9/h1,3,5H,2,4H2. The minimum absolute atomic E-state index is 0.0696. The lowest BCUT2D eigenvalue weighted by atomic mass is 10.2. The summed E-state index contributed by atoms with van der Waals surface area (Å²) in [6.07, 6.45) is 2.51. The molecule has 6 heteroatoms. The molecule has 0 aliphatic heterocycles. The molecule has 0 bridgehead atoms. The fourth-order valence-corrected chi connectivity index (χ4v) is 1.53. The zero-order valence-corrected chi connectivity index (χ0v) is 8.15. The SMILES string of the molecule is O=S(=O)(Cl)CCc1ccncc1F. The molecule has 0 aliphatic rings. The van der Waals surface area contributed by atoms with E-state index < -0.39 is 14.9 Å². The molecule has 0 N–H and O–H groups in total. The fraction of sp³-hybridized carbons (Fsp3) is 0.286. The van der Waals surface area contributed by atoms with Gasteiger partial charge in [0, 0.05) is 16.9 Å². The largest absolute Gasteiger partial charge is 0.262 e. The smallest absolute Gasteiger partial charge is 0.232 e. The van der Waals surface area contributed by atoms with Crippen LogP contribution in [0, 0.1) is 5.82 Å². The van der Waals surface area contributed by atoms with Crippen molar-refractivity contribution in [2.24, 2.45) is 0 Å². The van der Waals surface area contributed by atoms with Gasteiger partial charge in [-0.25, -0.2) is 12.8 Å². The summed E-state index contributed by atoms with van der Waals surface area (Å²) >= 11 is 0. The first kappa shape index (κ1) is 10.4. The van der Waals surface area contributed by atoms with Crippen molar-refractivity contribution in [1.82, 2.24) is 4.98 Å². The van der Waals surface area contributed by atoms with E-state index in [-0.39, 0.29) is 12.2 Å². The molecule has 0 aliphatic carbocycles. The summed E-state index contributed by atoms with van der Waals surface area (Å²) in [5.41, 5.74) is 0.305. The van der Waals surface area contributed by atoms with Crippen LogP contribution in [0.1, 0.15) is 5.56 Å². The Balaban J connectivity index is 2.71. The molecule has 72 valence electrons. The van der Waals surface area contributed by atoms with Crippen LogP contribution in [0.25, 0.3) is 0 Å². The molecule has 0 fully saturated rings. The molecule has 1 heterocycles. The average Bonchev–Trinajstić information content (AvgIpc) is 2.01. The lowest BCUT2D eigenvalue weighted by Gasteiger charge is -1.99. The zero-order chi connectivity index (χ0) is 9.90. The van der Waals surface area contributed by atoms with Crippen molar-refractivity contribution in [3.05, 3.63) is 29.8 Å². The van der Waals surface area contributed by atoms with Crippen LogP contribution in [-0.4, -0.2) is 19.2 Å². The molecule has 0 atom stereocenters. The van der Waals surface area contributed by atoms with Gasteiger partial charge in [0.1, 0.15) is 5.82 Å². The molecule has 0 saturated carbocycles. The summed E-state index contributed by atoms with van der Waals surface area (Å²) in [6.45, 7) is 0. The Hall–Kier alpha value is -0.680. The highest BCUT2D eigenvalue weighted by molar-refractivity contribution is 8.13. The molecule has 0 saturated heterocycles. The maximum atomic E-state index is 12.9. The van der Waals surface area contributed by atoms with Crippen LogP contribution in [0.5, 0.6) is 0 Å². The second-order valence-corrected chi connectivity index (χ2v) is 5.36. The van der Waals surface area contributed by atoms with Crippen molar-refractivity contribution < 1.29 is 12.8 Å². The molecule has 13 heavy (non-hydrogen) atoms. The number of rotatable bonds is 3. The van der Waals surface area contributed by atoms with Crippen LogP contribution < -0.4 is 0 Å². The van der Waals surface area contributed by atoms with E-state index in [1.807, 2.05) is 0 Å². The minimum Gasteiger partial charge on any atom is -0.262 e. The Kier molecular flexibility index (Phi) is 3.22. The van der Waals surface area contributed by atoms with Crippen molar-refractivity contribution in [3.63, 3.8) is 0 Å². The van der Waals surface area contributed by atoms with Crippen LogP contribution >= 0.6 is 10.7 Å². The fourth-order valence-electron chi connectivity index (χ4n) is 0.839. The summed E-state index contributed by atoms with van der Waals surface area (Å²) in [4.78, 5) is 3.53. The first-order valence-corrected chi connectivity index (χ1v) is 5.97. The highest BCUT2D eigenvalue weighted by atomic mass is 35.7. The molecule has 0 spiro atoms. The molecule has 0 unspecified atom stereocenters. The third-order valence-electron chi connectivity index (χ3n) is 1.47. The van der Waals surface area contributed by atoms with E-state index >= 15 is 0 Å². The van der Waals surface area contributed by atoms with Gasteiger partial charge >= 0.3 is 0 Å². The van der Waals surface area contributed by atoms with Crippen LogP contribution in [0.3, 0.4) is 0 Å². The van der Waals surface area contributed by atoms with Gasteiger partial charge in [0.25, 0.3) is 0 Å². The van der Waals surface area contributed by atoms with Crippen LogP contribution in [0.15, 0.2) is 18.5 Å². The predicted molar refractivity (Wildman–Crippen MR) is 47.5 cm³/mol. The second-order valence-electron chi connectivity index (χ2n) is 2.46. The van der Waals surface area contributed by atoms with Gasteiger partial charge in [0.15, 0.2) is 0 Å². The monoisotopic (exact) mass is 223 g/mol. The number of hydrogen-bond donors (Lipinski definition) is 0. The van der Waals surface area contributed by atoms with Crippen LogP contribution in [0.2, 0.25) is 0 Å². The van der Waals surface area contributed by atoms with E-state index in [0.29, 0.717) is 5.56 Å². The van der Waals surface area contributed by atoms with Gasteiger partial charge in [-0.2, -0.15) is 0 Å². The number of nitrogens with zero attached hydrogens (tertiary/aromatic N) is 1. The molecule has 3 nitrogen and oxygen atoms in total. The summed E-state index contributed by atoms with van der Waals surface area (Å²) in [6, 6.07) is 1.43. The third kappa shape index (κ3) is 3.69. The van der Waals surface area contributed by atoms with Gasteiger partial charge in [-0.1, -0.05) is 0 Å². The van der Waals surface area contributed by atoms with E-state index in [0.717, 1.165) is 6.20 Å². The number of pyridine rings is 1. The molecule has 1 aromatic heterocycles. The summed E-state index contributed by atoms with van der Waals surface area (Å²) < 4.78 is 34.0. The Bertz CT molecular complexity index is 393. The van der Waals surface area contributed by atoms with Crippen molar-refractivity contribution in [2.45, 2.75) is 6.42 Å². The number of hydrogen-bond acceptors (Lipinski definition) is 3. The van der Waals surface area contributed by atoms with Crippen molar-refractivity contribution in [2.75, 3.05) is 5.75 Å². The second kappa shape index (κ2) is 4.02. The lowest BCUT2D eigenvalue weighted by Crippen LogP contribution is -2.02. The number of halogens is 2. The van der Waals surface area contributed by atoms with Crippen molar-refractivity contribution >= 4 is 19.7 Å². The molecule has 1 rings (SSSR count). The van der Waals surface area contributed by atoms with Gasteiger partial charge < -0.3 is 0 Å². The minimum atomic E-state index is -3.55. The average molecular weight is 224 g/mol. The van der Waals surface area contributed by atoms with Gasteiger partial charge in [0.2, 0.25) is 9.05 Å². The van der Waals surface area contributed by atoms with E-state index in [1.54, 1.807) is 0 Å². The van der Waals surface area contributed by atoms with Gasteiger partial charge in [-0.15, -0.1) is 0 Å². The van der Waals surface area contributed by atoms with Gasteiger partial charge in [-0.05, 0) is 18.1 Å². The molecular weight excluding hydrogens is 217 g/mol. The summed E-state index contributed by atoms with van der Waals surface area (Å²) in [7, 11) is 1.42. The van der Waals surface area contributed by atoms with Crippen LogP contribution in [0.4, 0.5) is 4.39 Å². The summed E-state index contributed by atoms with van der Waals surface area (Å²) in [5, 5.41) is 0. The number of aryl methyl sites for hydroxylation is 1. The highest BCUT2D eigenvalue weighted by Crippen LogP contribution is 2.08. The number of aromatic nitrogens is 1. The molecule has 0 aromatic carbocycles. The summed E-state index contributed by atoms with van der Waals surface area (Å²) in [5.74, 6) is -0.780. The quantitative estimate of drug-likeness (QED) is 0.727. The third-order valence-corrected chi connectivity index (χ3v) is 2.63. The normalized spacial score (nSPS) is 11.5. The van der Waals surface area contributed by atoms with Gasteiger partial charge in [-0.3, -0.25) is 4.98 Å². The van der Waals surface area contributed by atoms with E-state index in [4.69, 9.17) is 10.7 Å². The highest BCUT2D eigenvalue weighted by Gasteiger charge is 2.08. The maximum absolute atomic E-state index is 12.9. The van der Waals surface area contributed by atoms with Crippen LogP contribution in [-0.2, 0) is 15.5 Å². The Labute approximate surface area is 80.0 Å². The Morgan fingerprint density at radius 2 is 2.23 bits per heavy atom. The topological polar surface area (TPSA) is 47.0 Å². The first-order valence-electron chi connectivity index (χ1n) is 3.50.